The second-order valence-corrected chi connectivity index (χ2v) is 5.70. The minimum Gasteiger partial charge on any atom is -0.371 e. The van der Waals surface area contributed by atoms with Crippen LogP contribution in [0.25, 0.3) is 0 Å². The monoisotopic (exact) mass is 315 g/mol. The lowest BCUT2D eigenvalue weighted by atomic mass is 9.95. The first-order chi connectivity index (χ1) is 8.26. The molecule has 1 saturated heterocycles. The largest absolute Gasteiger partial charge is 0.371 e. The molecule has 1 aromatic carbocycles. The Morgan fingerprint density at radius 3 is 3.00 bits per heavy atom. The Labute approximate surface area is 117 Å². The fraction of sp³-hybridized carbons (Fsp3) is 0.571. The van der Waals surface area contributed by atoms with Crippen molar-refractivity contribution in [1.29, 1.82) is 0 Å². The molecule has 0 radical (unpaired) electrons. The summed E-state index contributed by atoms with van der Waals surface area (Å²) >= 11 is 9.81. The molecule has 1 atom stereocenters. The molecule has 1 aliphatic rings. The molecule has 0 spiro atoms. The van der Waals surface area contributed by atoms with Gasteiger partial charge >= 0.3 is 0 Å². The van der Waals surface area contributed by atoms with Gasteiger partial charge in [0.25, 0.3) is 0 Å². The van der Waals surface area contributed by atoms with E-state index in [9.17, 15) is 0 Å². The van der Waals surface area contributed by atoms with Crippen molar-refractivity contribution in [2.75, 3.05) is 18.0 Å². The van der Waals surface area contributed by atoms with E-state index in [1.807, 2.05) is 6.07 Å². The molecule has 94 valence electrons. The lowest BCUT2D eigenvalue weighted by Crippen LogP contribution is -2.35. The Balaban J connectivity index is 2.24. The molecule has 17 heavy (non-hydrogen) atoms. The highest BCUT2D eigenvalue weighted by Crippen LogP contribution is 2.32. The number of anilines is 1. The van der Waals surface area contributed by atoms with Crippen LogP contribution in [-0.4, -0.2) is 13.1 Å². The van der Waals surface area contributed by atoms with Crippen LogP contribution in [0.4, 0.5) is 5.69 Å². The van der Waals surface area contributed by atoms with Gasteiger partial charge in [-0.2, -0.15) is 0 Å². The zero-order chi connectivity index (χ0) is 12.3. The van der Waals surface area contributed by atoms with Gasteiger partial charge in [0.1, 0.15) is 0 Å². The first kappa shape index (κ1) is 13.2. The van der Waals surface area contributed by atoms with Crippen molar-refractivity contribution in [3.05, 3.63) is 28.8 Å². The van der Waals surface area contributed by atoms with Crippen LogP contribution in [0.15, 0.2) is 18.2 Å². The van der Waals surface area contributed by atoms with Crippen molar-refractivity contribution in [1.82, 2.24) is 0 Å². The van der Waals surface area contributed by atoms with Crippen LogP contribution >= 0.6 is 27.5 Å². The quantitative estimate of drug-likeness (QED) is 0.720. The predicted molar refractivity (Wildman–Crippen MR) is 79.3 cm³/mol. The number of hydrogen-bond acceptors (Lipinski definition) is 1. The second kappa shape index (κ2) is 6.10. The maximum absolute atomic E-state index is 6.26. The van der Waals surface area contributed by atoms with Crippen LogP contribution in [0.3, 0.4) is 0 Å². The van der Waals surface area contributed by atoms with Gasteiger partial charge in [0, 0.05) is 34.7 Å². The van der Waals surface area contributed by atoms with E-state index in [0.29, 0.717) is 0 Å². The maximum Gasteiger partial charge on any atom is 0.0467 e. The van der Waals surface area contributed by atoms with Crippen LogP contribution in [-0.2, 0) is 5.33 Å². The summed E-state index contributed by atoms with van der Waals surface area (Å²) in [6.07, 6.45) is 3.95. The van der Waals surface area contributed by atoms with Gasteiger partial charge in [0.05, 0.1) is 0 Å². The molecule has 1 aliphatic heterocycles. The third kappa shape index (κ3) is 2.97. The zero-order valence-corrected chi connectivity index (χ0v) is 12.6. The van der Waals surface area contributed by atoms with E-state index in [4.69, 9.17) is 11.6 Å². The molecule has 1 aromatic rings. The minimum absolute atomic E-state index is 0.829. The topological polar surface area (TPSA) is 3.24 Å². The van der Waals surface area contributed by atoms with Crippen molar-refractivity contribution in [2.24, 2.45) is 5.92 Å². The van der Waals surface area contributed by atoms with Crippen LogP contribution in [0.2, 0.25) is 5.02 Å². The normalized spacial score (nSPS) is 20.6. The van der Waals surface area contributed by atoms with E-state index in [2.05, 4.69) is 39.9 Å². The molecule has 1 nitrogen and oxygen atoms in total. The number of rotatable bonds is 3. The number of nitrogens with zero attached hydrogens (tertiary/aromatic N) is 1. The number of alkyl halides is 1. The van der Waals surface area contributed by atoms with Crippen LogP contribution in [0.1, 0.15) is 31.7 Å². The Hall–Kier alpha value is -0.210. The van der Waals surface area contributed by atoms with E-state index in [1.165, 1.54) is 37.1 Å². The van der Waals surface area contributed by atoms with E-state index >= 15 is 0 Å². The molecule has 2 rings (SSSR count). The molecule has 0 aromatic heterocycles. The van der Waals surface area contributed by atoms with Crippen LogP contribution in [0, 0.1) is 5.92 Å². The Bertz CT molecular complexity index is 380. The zero-order valence-electron chi connectivity index (χ0n) is 10.3. The molecular formula is C14H19BrClN. The second-order valence-electron chi connectivity index (χ2n) is 4.73. The van der Waals surface area contributed by atoms with Gasteiger partial charge in [-0.3, -0.25) is 0 Å². The van der Waals surface area contributed by atoms with Gasteiger partial charge in [0.15, 0.2) is 0 Å². The smallest absolute Gasteiger partial charge is 0.0467 e. The number of halogens is 2. The summed E-state index contributed by atoms with van der Waals surface area (Å²) in [5, 5.41) is 1.70. The van der Waals surface area contributed by atoms with E-state index in [-0.39, 0.29) is 0 Å². The van der Waals surface area contributed by atoms with Gasteiger partial charge in [-0.05, 0) is 30.9 Å². The summed E-state index contributed by atoms with van der Waals surface area (Å²) in [4.78, 5) is 2.50. The molecule has 1 unspecified atom stereocenters. The molecule has 1 heterocycles. The Morgan fingerprint density at radius 2 is 2.29 bits per heavy atom. The third-order valence-electron chi connectivity index (χ3n) is 3.66. The molecule has 0 N–H and O–H groups in total. The molecule has 3 heteroatoms. The standard InChI is InChI=1S/C14H19BrClN/c1-2-11-5-4-8-17(10-11)14-7-3-6-13(16)12(14)9-15/h3,6-7,11H,2,4-5,8-10H2,1H3. The summed E-state index contributed by atoms with van der Waals surface area (Å²) in [5.74, 6) is 0.839. The highest BCUT2D eigenvalue weighted by Gasteiger charge is 2.20. The molecule has 0 amide bonds. The first-order valence-electron chi connectivity index (χ1n) is 6.34. The summed E-state index contributed by atoms with van der Waals surface area (Å²) in [7, 11) is 0. The number of benzene rings is 1. The number of piperidine rings is 1. The third-order valence-corrected chi connectivity index (χ3v) is 4.58. The molecule has 0 saturated carbocycles. The molecule has 0 bridgehead atoms. The van der Waals surface area contributed by atoms with Crippen molar-refractivity contribution in [3.8, 4) is 0 Å². The van der Waals surface area contributed by atoms with E-state index in [0.717, 1.165) is 22.8 Å². The van der Waals surface area contributed by atoms with Crippen molar-refractivity contribution in [3.63, 3.8) is 0 Å². The predicted octanol–water partition coefficient (Wildman–Crippen LogP) is 4.86. The van der Waals surface area contributed by atoms with Crippen molar-refractivity contribution >= 4 is 33.2 Å². The van der Waals surface area contributed by atoms with E-state index in [1.54, 1.807) is 0 Å². The fourth-order valence-corrected chi connectivity index (χ4v) is 3.58. The average molecular weight is 317 g/mol. The van der Waals surface area contributed by atoms with Gasteiger partial charge in [-0.15, -0.1) is 0 Å². The average Bonchev–Trinajstić information content (AvgIpc) is 2.38. The lowest BCUT2D eigenvalue weighted by Gasteiger charge is -2.35. The Morgan fingerprint density at radius 1 is 1.47 bits per heavy atom. The van der Waals surface area contributed by atoms with Crippen LogP contribution in [0.5, 0.6) is 0 Å². The summed E-state index contributed by atoms with van der Waals surface area (Å²) in [5.41, 5.74) is 2.54. The molecule has 1 fully saturated rings. The highest BCUT2D eigenvalue weighted by atomic mass is 79.9. The van der Waals surface area contributed by atoms with Crippen molar-refractivity contribution < 1.29 is 0 Å². The van der Waals surface area contributed by atoms with Crippen molar-refractivity contribution in [2.45, 2.75) is 31.5 Å². The lowest BCUT2D eigenvalue weighted by molar-refractivity contribution is 0.404. The van der Waals surface area contributed by atoms with E-state index < -0.39 is 0 Å². The van der Waals surface area contributed by atoms with Gasteiger partial charge < -0.3 is 4.90 Å². The summed E-state index contributed by atoms with van der Waals surface area (Å²) < 4.78 is 0. The minimum atomic E-state index is 0.829. The van der Waals surface area contributed by atoms with Crippen LogP contribution < -0.4 is 4.90 Å². The number of hydrogen-bond donors (Lipinski definition) is 0. The molecule has 0 aliphatic carbocycles. The van der Waals surface area contributed by atoms with Gasteiger partial charge in [0.2, 0.25) is 0 Å². The van der Waals surface area contributed by atoms with Gasteiger partial charge in [-0.25, -0.2) is 0 Å². The molecular weight excluding hydrogens is 298 g/mol. The fourth-order valence-electron chi connectivity index (χ4n) is 2.59. The Kier molecular flexibility index (Phi) is 4.75. The van der Waals surface area contributed by atoms with Gasteiger partial charge in [-0.1, -0.05) is 46.9 Å². The highest BCUT2D eigenvalue weighted by molar-refractivity contribution is 9.08. The summed E-state index contributed by atoms with van der Waals surface area (Å²) in [6.45, 7) is 4.63. The maximum atomic E-state index is 6.26. The summed E-state index contributed by atoms with van der Waals surface area (Å²) in [6, 6.07) is 6.22. The first-order valence-corrected chi connectivity index (χ1v) is 7.84. The SMILES string of the molecule is CCC1CCCN(c2cccc(Cl)c2CBr)C1.